The number of carboxylic acid groups (broad SMARTS) is 1. The molecule has 1 N–H and O–H groups in total. The Hall–Kier alpha value is 1.05. The van der Waals surface area contributed by atoms with Gasteiger partial charge in [-0.25, -0.2) is 0 Å². The van der Waals surface area contributed by atoms with Crippen LogP contribution in [0.4, 0.5) is 0 Å². The van der Waals surface area contributed by atoms with Crippen LogP contribution in [0, 0.1) is 49.4 Å². The van der Waals surface area contributed by atoms with Crippen molar-refractivity contribution < 1.29 is 59.3 Å². The summed E-state index contributed by atoms with van der Waals surface area (Å²) in [5.74, 6) is 0. The molecule has 4 heavy (non-hydrogen) atoms. The van der Waals surface area contributed by atoms with Crippen LogP contribution in [0.2, 0.25) is 0 Å². The van der Waals surface area contributed by atoms with Crippen molar-refractivity contribution in [1.29, 1.82) is 0 Å². The average Bonchev–Trinajstić information content (AvgIpc) is 0.918. The summed E-state index contributed by atoms with van der Waals surface area (Å²) in [5, 5.41) is 6.89. The van der Waals surface area contributed by atoms with Crippen molar-refractivity contribution in [3.63, 3.8) is 0 Å². The molecule has 3 heteroatoms. The molecule has 0 heterocycles. The molecule has 0 spiro atoms. The van der Waals surface area contributed by atoms with Gasteiger partial charge < -0.3 is 5.11 Å². The molecule has 0 aromatic rings. The van der Waals surface area contributed by atoms with Crippen LogP contribution in [0.15, 0.2) is 0 Å². The first kappa shape index (κ1) is 8.91. The van der Waals surface area contributed by atoms with Crippen LogP contribution in [0.25, 0.3) is 0 Å². The van der Waals surface area contributed by atoms with E-state index >= 15 is 0 Å². The molecule has 0 saturated carbocycles. The van der Waals surface area contributed by atoms with E-state index in [0.29, 0.717) is 0 Å². The zero-order valence-corrected chi connectivity index (χ0v) is 4.24. The summed E-state index contributed by atoms with van der Waals surface area (Å²) in [5.41, 5.74) is 0. The van der Waals surface area contributed by atoms with Crippen molar-refractivity contribution in [3.8, 4) is 0 Å². The molecule has 0 aromatic carbocycles. The average molecular weight is 198 g/mol. The van der Waals surface area contributed by atoms with E-state index in [4.69, 9.17) is 9.90 Å². The van der Waals surface area contributed by atoms with Crippen molar-refractivity contribution in [2.75, 3.05) is 0 Å². The van der Waals surface area contributed by atoms with Crippen molar-refractivity contribution in [3.05, 3.63) is 0 Å². The van der Waals surface area contributed by atoms with Crippen molar-refractivity contribution in [2.45, 2.75) is 0 Å². The zero-order chi connectivity index (χ0) is 2.71. The fourth-order valence-corrected chi connectivity index (χ4v) is 0. The number of rotatable bonds is 0. The predicted molar refractivity (Wildman–Crippen MR) is 8.69 cm³/mol. The second-order valence-corrected chi connectivity index (χ2v) is 0.105. The van der Waals surface area contributed by atoms with E-state index < -0.39 is 0 Å². The van der Waals surface area contributed by atoms with Gasteiger partial charge in [-0.05, 0) is 0 Å². The molecule has 1 radical (unpaired) electrons. The second-order valence-electron chi connectivity index (χ2n) is 0.105. The Balaban J connectivity index is 0. The van der Waals surface area contributed by atoms with E-state index in [9.17, 15) is 0 Å². The zero-order valence-electron chi connectivity index (χ0n) is 1.81. The quantitative estimate of drug-likeness (QED) is 0.542. The van der Waals surface area contributed by atoms with Gasteiger partial charge in [0, 0.05) is 49.4 Å². The van der Waals surface area contributed by atoms with Gasteiger partial charge in [0.25, 0.3) is 6.47 Å². The fourth-order valence-electron chi connectivity index (χ4n) is 0. The molecule has 0 aliphatic rings. The summed E-state index contributed by atoms with van der Waals surface area (Å²) in [6.07, 6.45) is 0. The molecule has 0 unspecified atom stereocenters. The van der Waals surface area contributed by atoms with Crippen LogP contribution in [0.5, 0.6) is 0 Å². The van der Waals surface area contributed by atoms with Gasteiger partial charge in [-0.15, -0.1) is 0 Å². The minimum absolute atomic E-state index is 0. The first-order valence-corrected chi connectivity index (χ1v) is 0.494. The molecule has 25 valence electrons. The summed E-state index contributed by atoms with van der Waals surface area (Å²) in [7, 11) is 0. The van der Waals surface area contributed by atoms with Crippen LogP contribution in [0.3, 0.4) is 0 Å². The van der Waals surface area contributed by atoms with Gasteiger partial charge in [-0.2, -0.15) is 0 Å². The summed E-state index contributed by atoms with van der Waals surface area (Å²) in [4.78, 5) is 8.36. The Morgan fingerprint density at radius 3 is 1.75 bits per heavy atom. The predicted octanol–water partition coefficient (Wildman–Crippen LogP) is -0.299. The number of carbonyl (C=O) groups is 1. The third-order valence-corrected chi connectivity index (χ3v) is 0. The molecule has 0 atom stereocenters. The molecule has 0 fully saturated rings. The SMILES string of the molecule is O=CO.[Eu]. The minimum atomic E-state index is -0.250. The molecule has 0 saturated heterocycles. The molecule has 2 nitrogen and oxygen atoms in total. The number of hydrogen-bond donors (Lipinski definition) is 1. The Labute approximate surface area is 64.7 Å². The maximum atomic E-state index is 8.36. The third-order valence-electron chi connectivity index (χ3n) is 0. The van der Waals surface area contributed by atoms with Gasteiger partial charge in [0.2, 0.25) is 0 Å². The maximum absolute atomic E-state index is 8.36. The van der Waals surface area contributed by atoms with E-state index in [2.05, 4.69) is 0 Å². The van der Waals surface area contributed by atoms with Gasteiger partial charge in [0.05, 0.1) is 0 Å². The van der Waals surface area contributed by atoms with Crippen LogP contribution in [-0.2, 0) is 4.79 Å². The maximum Gasteiger partial charge on any atom is 0.290 e. The standard InChI is InChI=1S/CH2O2.Eu/c2-1-3;/h1H,(H,2,3);. The van der Waals surface area contributed by atoms with E-state index in [1.165, 1.54) is 0 Å². The smallest absolute Gasteiger partial charge is 0.290 e. The Bertz CT molecular complexity index is 13.5. The van der Waals surface area contributed by atoms with E-state index in [1.54, 1.807) is 0 Å². The normalized spacial score (nSPS) is 3.00. The van der Waals surface area contributed by atoms with Crippen LogP contribution in [0.1, 0.15) is 0 Å². The molecule has 0 rings (SSSR count). The Morgan fingerprint density at radius 2 is 1.75 bits per heavy atom. The molecule has 0 amide bonds. The first-order chi connectivity index (χ1) is 1.41. The fraction of sp³-hybridized carbons (Fsp3) is 0. The third kappa shape index (κ3) is 11.6. The molecule has 0 aliphatic carbocycles. The molecule has 0 aliphatic heterocycles. The van der Waals surface area contributed by atoms with Gasteiger partial charge in [-0.1, -0.05) is 0 Å². The van der Waals surface area contributed by atoms with E-state index in [0.717, 1.165) is 0 Å². The monoisotopic (exact) mass is 199 g/mol. The topological polar surface area (TPSA) is 37.3 Å². The van der Waals surface area contributed by atoms with Crippen molar-refractivity contribution in [2.24, 2.45) is 0 Å². The van der Waals surface area contributed by atoms with Gasteiger partial charge >= 0.3 is 0 Å². The van der Waals surface area contributed by atoms with E-state index in [-0.39, 0.29) is 55.8 Å². The molecular formula is CH2EuO2. The molecule has 0 bridgehead atoms. The first-order valence-electron chi connectivity index (χ1n) is 0.494. The Kier molecular flexibility index (Phi) is 20.0. The summed E-state index contributed by atoms with van der Waals surface area (Å²) in [6.45, 7) is -0.250. The van der Waals surface area contributed by atoms with Gasteiger partial charge in [0.15, 0.2) is 0 Å². The second kappa shape index (κ2) is 8.96. The van der Waals surface area contributed by atoms with Crippen molar-refractivity contribution in [1.82, 2.24) is 0 Å². The minimum Gasteiger partial charge on any atom is -0.483 e. The van der Waals surface area contributed by atoms with Crippen LogP contribution >= 0.6 is 0 Å². The van der Waals surface area contributed by atoms with Crippen LogP contribution < -0.4 is 0 Å². The largest absolute Gasteiger partial charge is 0.483 e. The number of hydrogen-bond acceptors (Lipinski definition) is 1. The van der Waals surface area contributed by atoms with Gasteiger partial charge in [-0.3, -0.25) is 4.79 Å². The van der Waals surface area contributed by atoms with Crippen molar-refractivity contribution >= 4 is 6.47 Å². The molecule has 0 aromatic heterocycles. The summed E-state index contributed by atoms with van der Waals surface area (Å²) >= 11 is 0. The summed E-state index contributed by atoms with van der Waals surface area (Å²) < 4.78 is 0. The van der Waals surface area contributed by atoms with Gasteiger partial charge in [0.1, 0.15) is 0 Å². The van der Waals surface area contributed by atoms with E-state index in [1.807, 2.05) is 0 Å². The molecular weight excluding hydrogens is 196 g/mol. The Morgan fingerprint density at radius 1 is 1.75 bits per heavy atom. The van der Waals surface area contributed by atoms with Crippen LogP contribution in [-0.4, -0.2) is 11.6 Å². The summed E-state index contributed by atoms with van der Waals surface area (Å²) in [6, 6.07) is 0.